The molecule has 6 nitrogen and oxygen atoms in total. The Morgan fingerprint density at radius 2 is 1.79 bits per heavy atom. The summed E-state index contributed by atoms with van der Waals surface area (Å²) in [5.41, 5.74) is 8.26. The summed E-state index contributed by atoms with van der Waals surface area (Å²) in [5, 5.41) is 0. The molecule has 24 heavy (non-hydrogen) atoms. The van der Waals surface area contributed by atoms with Gasteiger partial charge >= 0.3 is 0 Å². The monoisotopic (exact) mass is 325 g/mol. The molecule has 0 spiro atoms. The molecule has 1 amide bonds. The van der Waals surface area contributed by atoms with Gasteiger partial charge in [-0.3, -0.25) is 4.79 Å². The zero-order chi connectivity index (χ0) is 16.9. The van der Waals surface area contributed by atoms with E-state index in [1.807, 2.05) is 0 Å². The third-order valence-electron chi connectivity index (χ3n) is 4.35. The molecule has 2 aromatic rings. The number of benzene rings is 1. The first-order valence-electron chi connectivity index (χ1n) is 8.31. The minimum absolute atomic E-state index is 0.162. The molecule has 0 unspecified atom stereocenters. The Morgan fingerprint density at radius 1 is 1.12 bits per heavy atom. The standard InChI is InChI=1S/C18H23N5O/c1-22(18(24)16-17(19)21-10-9-20-16)13-14-5-7-15(8-6-14)23-11-3-2-4-12-23/h5-10H,2-4,11-13H2,1H3,(H2,19,21). The van der Waals surface area contributed by atoms with Crippen molar-refractivity contribution in [3.8, 4) is 0 Å². The number of carbonyl (C=O) groups excluding carboxylic acids is 1. The van der Waals surface area contributed by atoms with Gasteiger partial charge in [0.15, 0.2) is 11.5 Å². The summed E-state index contributed by atoms with van der Waals surface area (Å²) >= 11 is 0. The summed E-state index contributed by atoms with van der Waals surface area (Å²) in [6.07, 6.45) is 6.81. The molecule has 1 aliphatic rings. The highest BCUT2D eigenvalue weighted by molar-refractivity contribution is 5.96. The Morgan fingerprint density at radius 3 is 2.46 bits per heavy atom. The topological polar surface area (TPSA) is 75.3 Å². The SMILES string of the molecule is CN(Cc1ccc(N2CCCCC2)cc1)C(=O)c1nccnc1N. The first kappa shape index (κ1) is 16.2. The lowest BCUT2D eigenvalue weighted by atomic mass is 10.1. The largest absolute Gasteiger partial charge is 0.382 e. The molecule has 1 aromatic carbocycles. The lowest BCUT2D eigenvalue weighted by Gasteiger charge is -2.29. The predicted molar refractivity (Wildman–Crippen MR) is 94.7 cm³/mol. The van der Waals surface area contributed by atoms with E-state index in [1.54, 1.807) is 11.9 Å². The predicted octanol–water partition coefficient (Wildman–Crippen LogP) is 2.32. The Bertz CT molecular complexity index is 695. The molecule has 0 saturated carbocycles. The fourth-order valence-corrected chi connectivity index (χ4v) is 3.00. The number of anilines is 2. The van der Waals surface area contributed by atoms with Crippen molar-refractivity contribution in [2.75, 3.05) is 30.8 Å². The highest BCUT2D eigenvalue weighted by atomic mass is 16.2. The van der Waals surface area contributed by atoms with Crippen molar-refractivity contribution in [1.29, 1.82) is 0 Å². The van der Waals surface area contributed by atoms with Gasteiger partial charge in [-0.25, -0.2) is 9.97 Å². The molecule has 2 N–H and O–H groups in total. The Hall–Kier alpha value is -2.63. The number of rotatable bonds is 4. The maximum absolute atomic E-state index is 12.4. The fraction of sp³-hybridized carbons (Fsp3) is 0.389. The highest BCUT2D eigenvalue weighted by Crippen LogP contribution is 2.21. The van der Waals surface area contributed by atoms with Crippen LogP contribution < -0.4 is 10.6 Å². The quantitative estimate of drug-likeness (QED) is 0.933. The van der Waals surface area contributed by atoms with Gasteiger partial charge < -0.3 is 15.5 Å². The van der Waals surface area contributed by atoms with E-state index in [9.17, 15) is 4.79 Å². The molecular weight excluding hydrogens is 302 g/mol. The third kappa shape index (κ3) is 3.64. The third-order valence-corrected chi connectivity index (χ3v) is 4.35. The number of nitrogens with zero attached hydrogens (tertiary/aromatic N) is 4. The molecule has 1 aromatic heterocycles. The molecule has 1 aliphatic heterocycles. The first-order chi connectivity index (χ1) is 11.6. The van der Waals surface area contributed by atoms with Crippen LogP contribution in [0.3, 0.4) is 0 Å². The van der Waals surface area contributed by atoms with Crippen molar-refractivity contribution in [3.05, 3.63) is 47.9 Å². The van der Waals surface area contributed by atoms with Crippen LogP contribution in [0.15, 0.2) is 36.7 Å². The molecule has 0 bridgehead atoms. The van der Waals surface area contributed by atoms with E-state index >= 15 is 0 Å². The van der Waals surface area contributed by atoms with Crippen LogP contribution in [-0.2, 0) is 6.54 Å². The molecule has 0 radical (unpaired) electrons. The van der Waals surface area contributed by atoms with Gasteiger partial charge in [0.1, 0.15) is 0 Å². The van der Waals surface area contributed by atoms with Crippen molar-refractivity contribution >= 4 is 17.4 Å². The second-order valence-electron chi connectivity index (χ2n) is 6.17. The molecule has 126 valence electrons. The van der Waals surface area contributed by atoms with Gasteiger partial charge in [0, 0.05) is 44.8 Å². The molecule has 1 saturated heterocycles. The molecule has 3 rings (SSSR count). The minimum atomic E-state index is -0.222. The van der Waals surface area contributed by atoms with Gasteiger partial charge in [0.2, 0.25) is 0 Å². The molecular formula is C18H23N5O. The lowest BCUT2D eigenvalue weighted by Crippen LogP contribution is -2.29. The number of nitrogens with two attached hydrogens (primary N) is 1. The van der Waals surface area contributed by atoms with Crippen LogP contribution in [0, 0.1) is 0 Å². The summed E-state index contributed by atoms with van der Waals surface area (Å²) in [7, 11) is 1.75. The first-order valence-corrected chi connectivity index (χ1v) is 8.31. The van der Waals surface area contributed by atoms with Gasteiger partial charge in [0.05, 0.1) is 0 Å². The number of nitrogen functional groups attached to an aromatic ring is 1. The second-order valence-corrected chi connectivity index (χ2v) is 6.17. The van der Waals surface area contributed by atoms with Crippen molar-refractivity contribution in [2.24, 2.45) is 0 Å². The number of amides is 1. The summed E-state index contributed by atoms with van der Waals surface area (Å²) in [4.78, 5) is 24.4. The molecule has 1 fully saturated rings. The average Bonchev–Trinajstić information content (AvgIpc) is 2.63. The Kier molecular flexibility index (Phi) is 4.93. The van der Waals surface area contributed by atoms with Gasteiger partial charge in [0.25, 0.3) is 5.91 Å². The Balaban J connectivity index is 1.65. The van der Waals surface area contributed by atoms with Gasteiger partial charge in [-0.05, 0) is 37.0 Å². The van der Waals surface area contributed by atoms with Gasteiger partial charge in [-0.15, -0.1) is 0 Å². The molecule has 2 heterocycles. The van der Waals surface area contributed by atoms with Crippen LogP contribution in [0.25, 0.3) is 0 Å². The Labute approximate surface area is 142 Å². The van der Waals surface area contributed by atoms with E-state index in [0.717, 1.165) is 18.7 Å². The number of hydrogen-bond acceptors (Lipinski definition) is 5. The van der Waals surface area contributed by atoms with Crippen molar-refractivity contribution < 1.29 is 4.79 Å². The lowest BCUT2D eigenvalue weighted by molar-refractivity contribution is 0.0780. The van der Waals surface area contributed by atoms with E-state index in [2.05, 4.69) is 39.1 Å². The zero-order valence-corrected chi connectivity index (χ0v) is 14.0. The smallest absolute Gasteiger partial charge is 0.276 e. The van der Waals surface area contributed by atoms with E-state index in [4.69, 9.17) is 5.73 Å². The van der Waals surface area contributed by atoms with E-state index in [1.165, 1.54) is 37.3 Å². The molecule has 6 heteroatoms. The van der Waals surface area contributed by atoms with Gasteiger partial charge in [-0.1, -0.05) is 12.1 Å². The fourth-order valence-electron chi connectivity index (χ4n) is 3.00. The maximum atomic E-state index is 12.4. The summed E-state index contributed by atoms with van der Waals surface area (Å²) in [5.74, 6) is -0.0597. The average molecular weight is 325 g/mol. The van der Waals surface area contributed by atoms with Crippen molar-refractivity contribution in [1.82, 2.24) is 14.9 Å². The molecule has 0 atom stereocenters. The number of aromatic nitrogens is 2. The van der Waals surface area contributed by atoms with Crippen LogP contribution in [0.4, 0.5) is 11.5 Å². The second kappa shape index (κ2) is 7.29. The zero-order valence-electron chi connectivity index (χ0n) is 14.0. The highest BCUT2D eigenvalue weighted by Gasteiger charge is 2.17. The normalized spacial score (nSPS) is 14.5. The maximum Gasteiger partial charge on any atom is 0.276 e. The van der Waals surface area contributed by atoms with E-state index in [-0.39, 0.29) is 17.4 Å². The summed E-state index contributed by atoms with van der Waals surface area (Å²) in [6.45, 7) is 2.77. The number of hydrogen-bond donors (Lipinski definition) is 1. The van der Waals surface area contributed by atoms with Crippen LogP contribution >= 0.6 is 0 Å². The van der Waals surface area contributed by atoms with Crippen LogP contribution in [-0.4, -0.2) is 40.9 Å². The van der Waals surface area contributed by atoms with Crippen molar-refractivity contribution in [3.63, 3.8) is 0 Å². The summed E-state index contributed by atoms with van der Waals surface area (Å²) < 4.78 is 0. The van der Waals surface area contributed by atoms with E-state index < -0.39 is 0 Å². The van der Waals surface area contributed by atoms with Crippen LogP contribution in [0.1, 0.15) is 35.3 Å². The van der Waals surface area contributed by atoms with Gasteiger partial charge in [-0.2, -0.15) is 0 Å². The summed E-state index contributed by atoms with van der Waals surface area (Å²) in [6, 6.07) is 8.42. The number of carbonyl (C=O) groups is 1. The van der Waals surface area contributed by atoms with Crippen LogP contribution in [0.5, 0.6) is 0 Å². The van der Waals surface area contributed by atoms with E-state index in [0.29, 0.717) is 6.54 Å². The minimum Gasteiger partial charge on any atom is -0.382 e. The molecule has 0 aliphatic carbocycles. The van der Waals surface area contributed by atoms with Crippen LogP contribution in [0.2, 0.25) is 0 Å². The van der Waals surface area contributed by atoms with Crippen molar-refractivity contribution in [2.45, 2.75) is 25.8 Å². The number of piperidine rings is 1.